The molecule has 4 heterocycles. The van der Waals surface area contributed by atoms with Gasteiger partial charge in [-0.25, -0.2) is 14.4 Å². The van der Waals surface area contributed by atoms with Crippen LogP contribution in [0.1, 0.15) is 6.42 Å². The lowest BCUT2D eigenvalue weighted by molar-refractivity contribution is 0.437. The Morgan fingerprint density at radius 3 is 2.75 bits per heavy atom. The van der Waals surface area contributed by atoms with E-state index < -0.39 is 11.6 Å². The fourth-order valence-electron chi connectivity index (χ4n) is 3.75. The molecule has 4 aromatic rings. The Morgan fingerprint density at radius 1 is 1.18 bits per heavy atom. The van der Waals surface area contributed by atoms with Gasteiger partial charge in [0.25, 0.3) is 0 Å². The Kier molecular flexibility index (Phi) is 3.70. The van der Waals surface area contributed by atoms with Crippen LogP contribution in [0.2, 0.25) is 0 Å². The Hall–Kier alpha value is -3.26. The summed E-state index contributed by atoms with van der Waals surface area (Å²) in [6.07, 6.45) is 2.66. The highest BCUT2D eigenvalue weighted by Crippen LogP contribution is 2.36. The second-order valence-corrected chi connectivity index (χ2v) is 7.23. The maximum atomic E-state index is 14.5. The van der Waals surface area contributed by atoms with Gasteiger partial charge in [-0.3, -0.25) is 4.68 Å². The minimum atomic E-state index is -0.742. The number of aromatic nitrogens is 4. The smallest absolute Gasteiger partial charge is 0.193 e. The van der Waals surface area contributed by atoms with E-state index in [2.05, 4.69) is 20.0 Å². The molecule has 0 amide bonds. The van der Waals surface area contributed by atoms with E-state index in [4.69, 9.17) is 5.73 Å². The third-order valence-electron chi connectivity index (χ3n) is 5.18. The first-order valence-corrected chi connectivity index (χ1v) is 9.13. The number of fused-ring (bicyclic) bond motifs is 2. The molecule has 3 aromatic heterocycles. The molecule has 28 heavy (non-hydrogen) atoms. The van der Waals surface area contributed by atoms with Crippen LogP contribution in [0.3, 0.4) is 0 Å². The van der Waals surface area contributed by atoms with Crippen LogP contribution in [-0.2, 0) is 7.05 Å². The van der Waals surface area contributed by atoms with Crippen LogP contribution in [0.5, 0.6) is 5.75 Å². The van der Waals surface area contributed by atoms with Crippen molar-refractivity contribution in [2.45, 2.75) is 12.5 Å². The average molecular weight is 378 g/mol. The van der Waals surface area contributed by atoms with Gasteiger partial charge in [0.05, 0.1) is 16.7 Å². The fourth-order valence-corrected chi connectivity index (χ4v) is 3.75. The van der Waals surface area contributed by atoms with Crippen LogP contribution in [0.4, 0.5) is 10.2 Å². The highest BCUT2D eigenvalue weighted by Gasteiger charge is 2.21. The summed E-state index contributed by atoms with van der Waals surface area (Å²) >= 11 is 0. The van der Waals surface area contributed by atoms with E-state index >= 15 is 0 Å². The summed E-state index contributed by atoms with van der Waals surface area (Å²) < 4.78 is 16.1. The Balaban J connectivity index is 1.58. The number of hydrogen-bond donors (Lipinski definition) is 2. The number of phenols is 1. The normalized spacial score (nSPS) is 17.1. The summed E-state index contributed by atoms with van der Waals surface area (Å²) in [5.74, 6) is -0.316. The predicted molar refractivity (Wildman–Crippen MR) is 106 cm³/mol. The lowest BCUT2D eigenvalue weighted by atomic mass is 10.1. The Bertz CT molecular complexity index is 1220. The molecule has 0 radical (unpaired) electrons. The standard InChI is InChI=1S/C20H19FN6O/c1-26-9-11-8-13(20(28)18(21)19(11)25-26)14-2-3-16-15(23-14)4-5-17(24-16)27-7-6-12(22)10-27/h2-5,8-9,12,28H,6-7,10,22H2,1H3. The zero-order valence-corrected chi connectivity index (χ0v) is 15.3. The van der Waals surface area contributed by atoms with Crippen molar-refractivity contribution in [2.24, 2.45) is 12.8 Å². The Morgan fingerprint density at radius 2 is 1.96 bits per heavy atom. The number of halogens is 1. The monoisotopic (exact) mass is 378 g/mol. The number of benzene rings is 1. The molecule has 5 rings (SSSR count). The molecule has 1 aromatic carbocycles. The van der Waals surface area contributed by atoms with Gasteiger partial charge in [0.2, 0.25) is 0 Å². The first-order chi connectivity index (χ1) is 13.5. The molecular weight excluding hydrogens is 359 g/mol. The van der Waals surface area contributed by atoms with E-state index in [9.17, 15) is 9.50 Å². The second-order valence-electron chi connectivity index (χ2n) is 7.23. The highest BCUT2D eigenvalue weighted by molar-refractivity contribution is 5.89. The van der Waals surface area contributed by atoms with Crippen LogP contribution in [0.25, 0.3) is 33.2 Å². The number of nitrogens with two attached hydrogens (primary N) is 1. The molecule has 1 atom stereocenters. The van der Waals surface area contributed by atoms with E-state index in [-0.39, 0.29) is 11.6 Å². The fraction of sp³-hybridized carbons (Fsp3) is 0.250. The number of hydrogen-bond acceptors (Lipinski definition) is 6. The van der Waals surface area contributed by atoms with Crippen molar-refractivity contribution >= 4 is 27.8 Å². The number of pyridine rings is 2. The first-order valence-electron chi connectivity index (χ1n) is 9.13. The number of anilines is 1. The van der Waals surface area contributed by atoms with E-state index in [0.717, 1.165) is 30.8 Å². The number of aromatic hydroxyl groups is 1. The van der Waals surface area contributed by atoms with Crippen molar-refractivity contribution in [1.82, 2.24) is 19.7 Å². The predicted octanol–water partition coefficient (Wildman–Crippen LogP) is 2.57. The van der Waals surface area contributed by atoms with Crippen molar-refractivity contribution in [3.05, 3.63) is 42.3 Å². The van der Waals surface area contributed by atoms with Crippen LogP contribution < -0.4 is 10.6 Å². The lowest BCUT2D eigenvalue weighted by Gasteiger charge is -2.17. The molecule has 142 valence electrons. The van der Waals surface area contributed by atoms with Crippen molar-refractivity contribution in [2.75, 3.05) is 18.0 Å². The van der Waals surface area contributed by atoms with Crippen LogP contribution in [-0.4, -0.2) is 44.0 Å². The van der Waals surface area contributed by atoms with Gasteiger partial charge in [0.15, 0.2) is 11.6 Å². The summed E-state index contributed by atoms with van der Waals surface area (Å²) in [5.41, 5.74) is 8.35. The quantitative estimate of drug-likeness (QED) is 0.557. The van der Waals surface area contributed by atoms with Gasteiger partial charge in [-0.05, 0) is 36.8 Å². The Labute approximate surface area is 160 Å². The molecule has 0 aliphatic carbocycles. The minimum Gasteiger partial charge on any atom is -0.504 e. The van der Waals surface area contributed by atoms with Crippen LogP contribution in [0.15, 0.2) is 36.5 Å². The SMILES string of the molecule is Cn1cc2cc(-c3ccc4nc(N5CCC(N)C5)ccc4n3)c(O)c(F)c2n1. The summed E-state index contributed by atoms with van der Waals surface area (Å²) in [6, 6.07) is 9.26. The molecule has 1 aliphatic heterocycles. The molecule has 0 saturated carbocycles. The van der Waals surface area contributed by atoms with Crippen molar-refractivity contribution in [3.8, 4) is 17.0 Å². The van der Waals surface area contributed by atoms with Crippen molar-refractivity contribution in [1.29, 1.82) is 0 Å². The molecule has 1 saturated heterocycles. The number of phenolic OH excluding ortho intramolecular Hbond substituents is 1. The largest absolute Gasteiger partial charge is 0.504 e. The summed E-state index contributed by atoms with van der Waals surface area (Å²) in [7, 11) is 1.71. The molecule has 3 N–H and O–H groups in total. The van der Waals surface area contributed by atoms with E-state index in [1.165, 1.54) is 4.68 Å². The lowest BCUT2D eigenvalue weighted by Crippen LogP contribution is -2.26. The van der Waals surface area contributed by atoms with E-state index in [1.807, 2.05) is 18.2 Å². The summed E-state index contributed by atoms with van der Waals surface area (Å²) in [6.45, 7) is 1.69. The zero-order valence-electron chi connectivity index (χ0n) is 15.3. The minimum absolute atomic E-state index is 0.139. The molecule has 7 nitrogen and oxygen atoms in total. The number of aryl methyl sites for hydroxylation is 1. The molecule has 1 aliphatic rings. The van der Waals surface area contributed by atoms with E-state index in [1.54, 1.807) is 25.4 Å². The van der Waals surface area contributed by atoms with Gasteiger partial charge in [-0.15, -0.1) is 0 Å². The van der Waals surface area contributed by atoms with Gasteiger partial charge < -0.3 is 15.7 Å². The van der Waals surface area contributed by atoms with Crippen molar-refractivity contribution < 1.29 is 9.50 Å². The summed E-state index contributed by atoms with van der Waals surface area (Å²) in [4.78, 5) is 11.4. The second kappa shape index (κ2) is 6.13. The maximum absolute atomic E-state index is 14.5. The molecule has 0 spiro atoms. The van der Waals surface area contributed by atoms with E-state index in [0.29, 0.717) is 22.2 Å². The van der Waals surface area contributed by atoms with Gasteiger partial charge in [0, 0.05) is 43.3 Å². The highest BCUT2D eigenvalue weighted by atomic mass is 19.1. The molecule has 1 unspecified atom stereocenters. The molecule has 1 fully saturated rings. The zero-order chi connectivity index (χ0) is 19.4. The average Bonchev–Trinajstić information content (AvgIpc) is 3.29. The topological polar surface area (TPSA) is 93.1 Å². The summed E-state index contributed by atoms with van der Waals surface area (Å²) in [5, 5.41) is 15.0. The van der Waals surface area contributed by atoms with Gasteiger partial charge >= 0.3 is 0 Å². The molecule has 0 bridgehead atoms. The van der Waals surface area contributed by atoms with Crippen LogP contribution in [0, 0.1) is 5.82 Å². The van der Waals surface area contributed by atoms with Gasteiger partial charge in [-0.1, -0.05) is 0 Å². The van der Waals surface area contributed by atoms with Crippen LogP contribution >= 0.6 is 0 Å². The molecule has 8 heteroatoms. The van der Waals surface area contributed by atoms with Gasteiger partial charge in [-0.2, -0.15) is 5.10 Å². The van der Waals surface area contributed by atoms with Gasteiger partial charge in [0.1, 0.15) is 11.3 Å². The third-order valence-corrected chi connectivity index (χ3v) is 5.18. The number of nitrogens with zero attached hydrogens (tertiary/aromatic N) is 5. The number of rotatable bonds is 2. The van der Waals surface area contributed by atoms with Crippen molar-refractivity contribution in [3.63, 3.8) is 0 Å². The first kappa shape index (κ1) is 16.9. The molecular formula is C20H19FN6O. The maximum Gasteiger partial charge on any atom is 0.193 e. The third kappa shape index (κ3) is 2.65.